The van der Waals surface area contributed by atoms with Gasteiger partial charge in [0.05, 0.1) is 0 Å². The van der Waals surface area contributed by atoms with Crippen molar-refractivity contribution in [3.05, 3.63) is 35.4 Å². The number of benzene rings is 1. The van der Waals surface area contributed by atoms with Crippen LogP contribution >= 0.6 is 0 Å². The molecule has 78 valence electrons. The molecule has 0 spiro atoms. The molecule has 0 atom stereocenters. The average molecular weight is 191 g/mol. The number of hydrogen-bond donors (Lipinski definition) is 1. The number of rotatable bonds is 3. The van der Waals surface area contributed by atoms with Crippen LogP contribution in [0.25, 0.3) is 0 Å². The van der Waals surface area contributed by atoms with E-state index in [1.807, 2.05) is 0 Å². The van der Waals surface area contributed by atoms with Gasteiger partial charge < -0.3 is 5.73 Å². The zero-order chi connectivity index (χ0) is 10.6. The fourth-order valence-electron chi connectivity index (χ4n) is 1.48. The normalized spacial score (nSPS) is 11.7. The molecular formula is C13H21N. The molecule has 0 bridgehead atoms. The third kappa shape index (κ3) is 3.15. The Morgan fingerprint density at radius 2 is 1.64 bits per heavy atom. The second-order valence-electron chi connectivity index (χ2n) is 4.84. The second-order valence-corrected chi connectivity index (χ2v) is 4.84. The van der Waals surface area contributed by atoms with Crippen LogP contribution in [0, 0.1) is 0 Å². The van der Waals surface area contributed by atoms with Gasteiger partial charge in [-0.2, -0.15) is 0 Å². The molecule has 0 fully saturated rings. The number of nitrogens with two attached hydrogens (primary N) is 1. The Morgan fingerprint density at radius 3 is 2.07 bits per heavy atom. The van der Waals surface area contributed by atoms with E-state index in [0.29, 0.717) is 0 Å². The highest BCUT2D eigenvalue weighted by molar-refractivity contribution is 5.27. The SMILES string of the molecule is CC(C)(C)c1ccc(CCCN)cc1. The summed E-state index contributed by atoms with van der Waals surface area (Å²) in [4.78, 5) is 0. The lowest BCUT2D eigenvalue weighted by atomic mass is 9.86. The molecule has 0 aliphatic rings. The molecule has 1 rings (SSSR count). The van der Waals surface area contributed by atoms with E-state index < -0.39 is 0 Å². The van der Waals surface area contributed by atoms with Gasteiger partial charge >= 0.3 is 0 Å². The molecule has 14 heavy (non-hydrogen) atoms. The monoisotopic (exact) mass is 191 g/mol. The molecule has 1 aromatic rings. The maximum absolute atomic E-state index is 5.48. The highest BCUT2D eigenvalue weighted by Gasteiger charge is 2.12. The topological polar surface area (TPSA) is 26.0 Å². The van der Waals surface area contributed by atoms with Crippen molar-refractivity contribution in [2.24, 2.45) is 5.73 Å². The quantitative estimate of drug-likeness (QED) is 0.781. The molecule has 1 heteroatoms. The van der Waals surface area contributed by atoms with Gasteiger partial charge in [-0.25, -0.2) is 0 Å². The van der Waals surface area contributed by atoms with Crippen LogP contribution in [0.1, 0.15) is 38.3 Å². The highest BCUT2D eigenvalue weighted by atomic mass is 14.5. The fraction of sp³-hybridized carbons (Fsp3) is 0.538. The second kappa shape index (κ2) is 4.61. The van der Waals surface area contributed by atoms with Gasteiger partial charge in [-0.3, -0.25) is 0 Å². The van der Waals surface area contributed by atoms with Gasteiger partial charge in [0.2, 0.25) is 0 Å². The van der Waals surface area contributed by atoms with E-state index in [2.05, 4.69) is 45.0 Å². The predicted molar refractivity (Wildman–Crippen MR) is 62.5 cm³/mol. The van der Waals surface area contributed by atoms with Crippen molar-refractivity contribution in [1.82, 2.24) is 0 Å². The molecule has 0 radical (unpaired) electrons. The Labute approximate surface area is 87.3 Å². The molecule has 0 aliphatic heterocycles. The maximum Gasteiger partial charge on any atom is -0.00741 e. The summed E-state index contributed by atoms with van der Waals surface area (Å²) in [7, 11) is 0. The van der Waals surface area contributed by atoms with Crippen molar-refractivity contribution < 1.29 is 0 Å². The summed E-state index contributed by atoms with van der Waals surface area (Å²) in [6, 6.07) is 8.89. The molecule has 0 aromatic heterocycles. The van der Waals surface area contributed by atoms with Gasteiger partial charge in [0.25, 0.3) is 0 Å². The molecule has 0 unspecified atom stereocenters. The number of hydrogen-bond acceptors (Lipinski definition) is 1. The minimum atomic E-state index is 0.256. The lowest BCUT2D eigenvalue weighted by Crippen LogP contribution is -2.10. The van der Waals surface area contributed by atoms with E-state index in [1.165, 1.54) is 11.1 Å². The van der Waals surface area contributed by atoms with Crippen LogP contribution in [-0.2, 0) is 11.8 Å². The third-order valence-electron chi connectivity index (χ3n) is 2.49. The third-order valence-corrected chi connectivity index (χ3v) is 2.49. The van der Waals surface area contributed by atoms with Crippen molar-refractivity contribution in [2.45, 2.75) is 39.0 Å². The highest BCUT2D eigenvalue weighted by Crippen LogP contribution is 2.22. The molecule has 1 aromatic carbocycles. The van der Waals surface area contributed by atoms with Crippen molar-refractivity contribution in [1.29, 1.82) is 0 Å². The standard InChI is InChI=1S/C13H21N/c1-13(2,3)12-8-6-11(7-9-12)5-4-10-14/h6-9H,4-5,10,14H2,1-3H3. The van der Waals surface area contributed by atoms with E-state index >= 15 is 0 Å². The molecule has 0 amide bonds. The molecule has 2 N–H and O–H groups in total. The van der Waals surface area contributed by atoms with E-state index in [4.69, 9.17) is 5.73 Å². The Morgan fingerprint density at radius 1 is 1.07 bits per heavy atom. The van der Waals surface area contributed by atoms with Gasteiger partial charge in [-0.1, -0.05) is 45.0 Å². The summed E-state index contributed by atoms with van der Waals surface area (Å²) >= 11 is 0. The molecule has 0 heterocycles. The molecule has 0 saturated carbocycles. The van der Waals surface area contributed by atoms with Gasteiger partial charge in [-0.05, 0) is 35.9 Å². The Bertz CT molecular complexity index is 266. The van der Waals surface area contributed by atoms with Crippen molar-refractivity contribution >= 4 is 0 Å². The molecule has 1 nitrogen and oxygen atoms in total. The lowest BCUT2D eigenvalue weighted by molar-refractivity contribution is 0.590. The lowest BCUT2D eigenvalue weighted by Gasteiger charge is -2.19. The predicted octanol–water partition coefficient (Wildman–Crippen LogP) is 2.88. The van der Waals surface area contributed by atoms with E-state index in [-0.39, 0.29) is 5.41 Å². The summed E-state index contributed by atoms with van der Waals surface area (Å²) in [5.41, 5.74) is 8.52. The largest absolute Gasteiger partial charge is 0.330 e. The van der Waals surface area contributed by atoms with Gasteiger partial charge in [0.1, 0.15) is 0 Å². The first-order valence-corrected chi connectivity index (χ1v) is 5.33. The van der Waals surface area contributed by atoms with Crippen LogP contribution < -0.4 is 5.73 Å². The first kappa shape index (κ1) is 11.3. The fourth-order valence-corrected chi connectivity index (χ4v) is 1.48. The first-order chi connectivity index (χ1) is 6.54. The van der Waals surface area contributed by atoms with Crippen molar-refractivity contribution in [2.75, 3.05) is 6.54 Å². The Balaban J connectivity index is 2.69. The van der Waals surface area contributed by atoms with E-state index in [9.17, 15) is 0 Å². The minimum Gasteiger partial charge on any atom is -0.330 e. The zero-order valence-electron chi connectivity index (χ0n) is 9.51. The number of aryl methyl sites for hydroxylation is 1. The first-order valence-electron chi connectivity index (χ1n) is 5.33. The van der Waals surface area contributed by atoms with Gasteiger partial charge in [-0.15, -0.1) is 0 Å². The molecule has 0 aliphatic carbocycles. The summed E-state index contributed by atoms with van der Waals surface area (Å²) in [5, 5.41) is 0. The zero-order valence-corrected chi connectivity index (χ0v) is 9.51. The summed E-state index contributed by atoms with van der Waals surface area (Å²) in [6.45, 7) is 7.49. The van der Waals surface area contributed by atoms with Crippen LogP contribution in [0.4, 0.5) is 0 Å². The van der Waals surface area contributed by atoms with Crippen LogP contribution in [0.15, 0.2) is 24.3 Å². The van der Waals surface area contributed by atoms with E-state index in [0.717, 1.165) is 19.4 Å². The van der Waals surface area contributed by atoms with Crippen LogP contribution in [-0.4, -0.2) is 6.54 Å². The summed E-state index contributed by atoms with van der Waals surface area (Å²) < 4.78 is 0. The van der Waals surface area contributed by atoms with Gasteiger partial charge in [0, 0.05) is 0 Å². The van der Waals surface area contributed by atoms with Crippen LogP contribution in [0.5, 0.6) is 0 Å². The molecular weight excluding hydrogens is 170 g/mol. The van der Waals surface area contributed by atoms with Crippen LogP contribution in [0.3, 0.4) is 0 Å². The Kier molecular flexibility index (Phi) is 3.70. The minimum absolute atomic E-state index is 0.256. The van der Waals surface area contributed by atoms with Crippen LogP contribution in [0.2, 0.25) is 0 Å². The summed E-state index contributed by atoms with van der Waals surface area (Å²) in [5.74, 6) is 0. The smallest absolute Gasteiger partial charge is 0.00741 e. The Hall–Kier alpha value is -0.820. The molecule has 0 saturated heterocycles. The van der Waals surface area contributed by atoms with Crippen molar-refractivity contribution in [3.8, 4) is 0 Å². The maximum atomic E-state index is 5.48. The van der Waals surface area contributed by atoms with Gasteiger partial charge in [0.15, 0.2) is 0 Å². The summed E-state index contributed by atoms with van der Waals surface area (Å²) in [6.07, 6.45) is 2.18. The van der Waals surface area contributed by atoms with Crippen molar-refractivity contribution in [3.63, 3.8) is 0 Å². The van der Waals surface area contributed by atoms with E-state index in [1.54, 1.807) is 0 Å². The average Bonchev–Trinajstić information content (AvgIpc) is 2.14.